The molecule has 0 unspecified atom stereocenters. The van der Waals surface area contributed by atoms with Gasteiger partial charge in [-0.2, -0.15) is 4.72 Å². The molecule has 1 aromatic rings. The third-order valence-electron chi connectivity index (χ3n) is 6.72. The van der Waals surface area contributed by atoms with Gasteiger partial charge in [-0.15, -0.1) is 0 Å². The van der Waals surface area contributed by atoms with Crippen molar-refractivity contribution < 1.29 is 27.7 Å². The topological polar surface area (TPSA) is 171 Å². The molecule has 4 bridgehead atoms. The Labute approximate surface area is 185 Å². The van der Waals surface area contributed by atoms with Crippen molar-refractivity contribution in [3.63, 3.8) is 0 Å². The van der Waals surface area contributed by atoms with Gasteiger partial charge in [0.2, 0.25) is 10.0 Å². The molecular weight excluding hydrogens is 440 g/mol. The molecule has 0 aromatic heterocycles. The number of carbonyl (C=O) groups is 2. The zero-order chi connectivity index (χ0) is 23.1. The SMILES string of the molecule is Nc1ccc(S(=O)(=O)NCC(=O)OCC(=O)NC23CC4CC(CC(C4)C2)C3)cc1[N+](=O)[O-]. The quantitative estimate of drug-likeness (QED) is 0.221. The number of anilines is 1. The summed E-state index contributed by atoms with van der Waals surface area (Å²) >= 11 is 0. The van der Waals surface area contributed by atoms with Gasteiger partial charge in [0.25, 0.3) is 11.6 Å². The molecule has 0 saturated heterocycles. The molecule has 0 atom stereocenters. The van der Waals surface area contributed by atoms with E-state index in [9.17, 15) is 28.1 Å². The van der Waals surface area contributed by atoms with Gasteiger partial charge in [0.15, 0.2) is 6.61 Å². The summed E-state index contributed by atoms with van der Waals surface area (Å²) < 4.78 is 31.6. The molecule has 174 valence electrons. The summed E-state index contributed by atoms with van der Waals surface area (Å²) in [4.78, 5) is 34.1. The van der Waals surface area contributed by atoms with E-state index in [0.717, 1.165) is 37.5 Å². The average Bonchev–Trinajstić information content (AvgIpc) is 2.69. The number of nitro groups is 1. The lowest BCUT2D eigenvalue weighted by Gasteiger charge is -2.56. The maximum absolute atomic E-state index is 12.4. The Morgan fingerprint density at radius 2 is 1.75 bits per heavy atom. The van der Waals surface area contributed by atoms with Gasteiger partial charge in [0, 0.05) is 11.6 Å². The predicted molar refractivity (Wildman–Crippen MR) is 113 cm³/mol. The summed E-state index contributed by atoms with van der Waals surface area (Å²) in [5, 5.41) is 14.0. The van der Waals surface area contributed by atoms with Crippen molar-refractivity contribution >= 4 is 33.3 Å². The van der Waals surface area contributed by atoms with Crippen LogP contribution in [0.25, 0.3) is 0 Å². The van der Waals surface area contributed by atoms with Gasteiger partial charge >= 0.3 is 5.97 Å². The second kappa shape index (κ2) is 8.32. The van der Waals surface area contributed by atoms with E-state index in [2.05, 4.69) is 5.32 Å². The van der Waals surface area contributed by atoms with Crippen LogP contribution >= 0.6 is 0 Å². The van der Waals surface area contributed by atoms with E-state index < -0.39 is 50.6 Å². The number of rotatable bonds is 8. The van der Waals surface area contributed by atoms with E-state index in [0.29, 0.717) is 17.8 Å². The molecule has 4 aliphatic rings. The lowest BCUT2D eigenvalue weighted by molar-refractivity contribution is -0.384. The third kappa shape index (κ3) is 4.70. The molecule has 1 aromatic carbocycles. The van der Waals surface area contributed by atoms with E-state index in [1.165, 1.54) is 19.3 Å². The minimum absolute atomic E-state index is 0.182. The first-order valence-corrected chi connectivity index (χ1v) is 12.0. The third-order valence-corrected chi connectivity index (χ3v) is 8.12. The van der Waals surface area contributed by atoms with Gasteiger partial charge in [0.1, 0.15) is 12.2 Å². The number of hydrogen-bond donors (Lipinski definition) is 3. The first-order valence-electron chi connectivity index (χ1n) is 10.6. The van der Waals surface area contributed by atoms with Crippen LogP contribution in [0.4, 0.5) is 11.4 Å². The molecule has 4 aliphatic carbocycles. The van der Waals surface area contributed by atoms with Gasteiger partial charge in [-0.25, -0.2) is 8.42 Å². The normalized spacial score (nSPS) is 28.3. The van der Waals surface area contributed by atoms with Gasteiger partial charge < -0.3 is 15.8 Å². The highest BCUT2D eigenvalue weighted by Gasteiger charge is 2.51. The number of nitrogens with zero attached hydrogens (tertiary/aromatic N) is 1. The van der Waals surface area contributed by atoms with Crippen LogP contribution in [0, 0.1) is 27.9 Å². The highest BCUT2D eigenvalue weighted by atomic mass is 32.2. The van der Waals surface area contributed by atoms with Gasteiger partial charge in [0.05, 0.1) is 9.82 Å². The fourth-order valence-electron chi connectivity index (χ4n) is 5.88. The summed E-state index contributed by atoms with van der Waals surface area (Å²) in [5.74, 6) is 0.643. The average molecular weight is 467 g/mol. The zero-order valence-corrected chi connectivity index (χ0v) is 18.2. The van der Waals surface area contributed by atoms with Crippen molar-refractivity contribution in [3.05, 3.63) is 28.3 Å². The van der Waals surface area contributed by atoms with Crippen LogP contribution in [0.1, 0.15) is 38.5 Å². The van der Waals surface area contributed by atoms with Crippen molar-refractivity contribution in [2.45, 2.75) is 49.0 Å². The highest BCUT2D eigenvalue weighted by molar-refractivity contribution is 7.89. The Morgan fingerprint density at radius 3 is 2.31 bits per heavy atom. The molecule has 0 spiro atoms. The molecule has 11 nitrogen and oxygen atoms in total. The Hall–Kier alpha value is -2.73. The molecular formula is C20H26N4O7S. The van der Waals surface area contributed by atoms with Crippen molar-refractivity contribution in [2.24, 2.45) is 17.8 Å². The molecule has 0 aliphatic heterocycles. The summed E-state index contributed by atoms with van der Waals surface area (Å²) in [6.07, 6.45) is 6.61. The van der Waals surface area contributed by atoms with Crippen molar-refractivity contribution in [3.8, 4) is 0 Å². The number of carbonyl (C=O) groups excluding carboxylic acids is 2. The number of nitro benzene ring substituents is 1. The Morgan fingerprint density at radius 1 is 1.16 bits per heavy atom. The molecule has 4 N–H and O–H groups in total. The number of ether oxygens (including phenoxy) is 1. The van der Waals surface area contributed by atoms with Crippen molar-refractivity contribution in [2.75, 3.05) is 18.9 Å². The number of esters is 1. The second-order valence-electron chi connectivity index (χ2n) is 9.21. The van der Waals surface area contributed by atoms with Crippen LogP contribution in [0.5, 0.6) is 0 Å². The van der Waals surface area contributed by atoms with E-state index >= 15 is 0 Å². The van der Waals surface area contributed by atoms with E-state index in [4.69, 9.17) is 10.5 Å². The summed E-state index contributed by atoms with van der Waals surface area (Å²) in [7, 11) is -4.21. The number of nitrogen functional groups attached to an aromatic ring is 1. The van der Waals surface area contributed by atoms with Crippen molar-refractivity contribution in [1.29, 1.82) is 0 Å². The molecule has 0 radical (unpaired) electrons. The van der Waals surface area contributed by atoms with Gasteiger partial charge in [-0.05, 0) is 68.4 Å². The maximum Gasteiger partial charge on any atom is 0.321 e. The van der Waals surface area contributed by atoms with Crippen molar-refractivity contribution in [1.82, 2.24) is 10.0 Å². The van der Waals surface area contributed by atoms with Gasteiger partial charge in [-0.3, -0.25) is 19.7 Å². The van der Waals surface area contributed by atoms with Crippen LogP contribution < -0.4 is 15.8 Å². The Bertz CT molecular complexity index is 1020. The number of hydrogen-bond acceptors (Lipinski definition) is 8. The molecule has 5 rings (SSSR count). The number of amides is 1. The molecule has 4 fully saturated rings. The molecule has 4 saturated carbocycles. The smallest absolute Gasteiger partial charge is 0.321 e. The largest absolute Gasteiger partial charge is 0.455 e. The summed E-state index contributed by atoms with van der Waals surface area (Å²) in [5.41, 5.74) is 4.52. The number of benzene rings is 1. The highest BCUT2D eigenvalue weighted by Crippen LogP contribution is 2.55. The van der Waals surface area contributed by atoms with E-state index in [-0.39, 0.29) is 11.2 Å². The minimum Gasteiger partial charge on any atom is -0.455 e. The van der Waals surface area contributed by atoms with E-state index in [1.54, 1.807) is 0 Å². The standard InChI is InChI=1S/C20H26N4O7S/c21-16-2-1-15(6-17(16)24(27)28)32(29,30)22-10-19(26)31-11-18(25)23-20-7-12-3-13(8-20)5-14(4-12)9-20/h1-2,6,12-14,22H,3-5,7-11,21H2,(H,23,25). The van der Waals surface area contributed by atoms with E-state index in [1.807, 2.05) is 4.72 Å². The first kappa shape index (κ1) is 22.5. The Balaban J connectivity index is 1.27. The van der Waals surface area contributed by atoms with Crippen LogP contribution in [-0.2, 0) is 24.3 Å². The number of sulfonamides is 1. The number of nitrogens with two attached hydrogens (primary N) is 1. The molecule has 0 heterocycles. The lowest BCUT2D eigenvalue weighted by Crippen LogP contribution is -2.60. The van der Waals surface area contributed by atoms with Crippen LogP contribution in [-0.4, -0.2) is 43.9 Å². The first-order chi connectivity index (χ1) is 15.1. The molecule has 32 heavy (non-hydrogen) atoms. The zero-order valence-electron chi connectivity index (χ0n) is 17.4. The van der Waals surface area contributed by atoms with Crippen LogP contribution in [0.2, 0.25) is 0 Å². The van der Waals surface area contributed by atoms with Crippen LogP contribution in [0.15, 0.2) is 23.1 Å². The molecule has 12 heteroatoms. The minimum atomic E-state index is -4.21. The number of nitrogens with one attached hydrogen (secondary N) is 2. The lowest BCUT2D eigenvalue weighted by atomic mass is 9.53. The fraction of sp³-hybridized carbons (Fsp3) is 0.600. The van der Waals surface area contributed by atoms with Crippen LogP contribution in [0.3, 0.4) is 0 Å². The predicted octanol–water partition coefficient (Wildman–Crippen LogP) is 1.08. The summed E-state index contributed by atoms with van der Waals surface area (Å²) in [6.45, 7) is -1.21. The second-order valence-corrected chi connectivity index (χ2v) is 11.0. The Kier molecular flexibility index (Phi) is 5.84. The summed E-state index contributed by atoms with van der Waals surface area (Å²) in [6, 6.07) is 3.00. The maximum atomic E-state index is 12.4. The van der Waals surface area contributed by atoms with Gasteiger partial charge in [-0.1, -0.05) is 0 Å². The fourth-order valence-corrected chi connectivity index (χ4v) is 6.87. The monoisotopic (exact) mass is 466 g/mol. The molecule has 1 amide bonds.